The molecule has 24 heavy (non-hydrogen) atoms. The van der Waals surface area contributed by atoms with E-state index in [0.29, 0.717) is 17.1 Å². The lowest BCUT2D eigenvalue weighted by Crippen LogP contribution is -2.48. The number of nitrogens with zero attached hydrogens (tertiary/aromatic N) is 3. The van der Waals surface area contributed by atoms with Gasteiger partial charge in [-0.15, -0.1) is 0 Å². The molecule has 0 spiro atoms. The molecule has 0 atom stereocenters. The van der Waals surface area contributed by atoms with Crippen LogP contribution >= 0.6 is 0 Å². The molecule has 4 rings (SSSR count). The van der Waals surface area contributed by atoms with Crippen LogP contribution in [0.2, 0.25) is 0 Å². The van der Waals surface area contributed by atoms with Crippen LogP contribution in [0, 0.1) is 0 Å². The number of hydrogen-bond donors (Lipinski definition) is 0. The Kier molecular flexibility index (Phi) is 4.04. The van der Waals surface area contributed by atoms with Gasteiger partial charge in [0.1, 0.15) is 0 Å². The van der Waals surface area contributed by atoms with E-state index in [1.165, 1.54) is 0 Å². The second-order valence-electron chi connectivity index (χ2n) is 5.96. The number of hydrogen-bond acceptors (Lipinski definition) is 5. The minimum Gasteiger partial charge on any atom is -0.454 e. The predicted octanol–water partition coefficient (Wildman–Crippen LogP) is 1.77. The third kappa shape index (κ3) is 3.05. The third-order valence-electron chi connectivity index (χ3n) is 4.39. The highest BCUT2D eigenvalue weighted by molar-refractivity contribution is 5.95. The fraction of sp³-hybridized carbons (Fsp3) is 0.333. The van der Waals surface area contributed by atoms with Crippen molar-refractivity contribution < 1.29 is 14.3 Å². The monoisotopic (exact) mass is 325 g/mol. The van der Waals surface area contributed by atoms with Gasteiger partial charge >= 0.3 is 0 Å². The summed E-state index contributed by atoms with van der Waals surface area (Å²) in [5, 5.41) is 0. The summed E-state index contributed by atoms with van der Waals surface area (Å²) < 4.78 is 10.6. The van der Waals surface area contributed by atoms with E-state index >= 15 is 0 Å². The molecule has 1 fully saturated rings. The average Bonchev–Trinajstić information content (AvgIpc) is 3.10. The molecule has 1 amide bonds. The van der Waals surface area contributed by atoms with Crippen molar-refractivity contribution in [2.24, 2.45) is 0 Å². The summed E-state index contributed by atoms with van der Waals surface area (Å²) in [6, 6.07) is 11.3. The fourth-order valence-electron chi connectivity index (χ4n) is 3.04. The summed E-state index contributed by atoms with van der Waals surface area (Å²) in [6.07, 6.45) is 1.81. The van der Waals surface area contributed by atoms with E-state index in [4.69, 9.17) is 9.47 Å². The second-order valence-corrected chi connectivity index (χ2v) is 5.96. The lowest BCUT2D eigenvalue weighted by molar-refractivity contribution is 0.0626. The van der Waals surface area contributed by atoms with Gasteiger partial charge in [-0.05, 0) is 30.3 Å². The second kappa shape index (κ2) is 6.49. The van der Waals surface area contributed by atoms with Crippen molar-refractivity contribution >= 4 is 5.91 Å². The van der Waals surface area contributed by atoms with E-state index in [2.05, 4.69) is 9.88 Å². The normalized spacial score (nSPS) is 17.1. The summed E-state index contributed by atoms with van der Waals surface area (Å²) in [5.74, 6) is 1.40. The highest BCUT2D eigenvalue weighted by Crippen LogP contribution is 2.32. The zero-order chi connectivity index (χ0) is 16.4. The van der Waals surface area contributed by atoms with Crippen molar-refractivity contribution in [1.82, 2.24) is 14.8 Å². The number of aromatic nitrogens is 1. The van der Waals surface area contributed by atoms with Crippen LogP contribution in [0.25, 0.3) is 0 Å². The van der Waals surface area contributed by atoms with Crippen LogP contribution in [0.3, 0.4) is 0 Å². The number of carbonyl (C=O) groups is 1. The van der Waals surface area contributed by atoms with E-state index in [1.807, 2.05) is 29.3 Å². The first-order valence-corrected chi connectivity index (χ1v) is 8.11. The minimum atomic E-state index is 0.0470. The number of benzene rings is 1. The summed E-state index contributed by atoms with van der Waals surface area (Å²) in [7, 11) is 0. The molecule has 6 heteroatoms. The van der Waals surface area contributed by atoms with Gasteiger partial charge in [-0.3, -0.25) is 14.7 Å². The lowest BCUT2D eigenvalue weighted by atomic mass is 10.1. The van der Waals surface area contributed by atoms with Gasteiger partial charge in [0.05, 0.1) is 5.69 Å². The number of rotatable bonds is 3. The summed E-state index contributed by atoms with van der Waals surface area (Å²) in [5.41, 5.74) is 1.71. The number of pyridine rings is 1. The average molecular weight is 325 g/mol. The fourth-order valence-corrected chi connectivity index (χ4v) is 3.04. The van der Waals surface area contributed by atoms with E-state index in [9.17, 15) is 4.79 Å². The summed E-state index contributed by atoms with van der Waals surface area (Å²) in [4.78, 5) is 21.2. The van der Waals surface area contributed by atoms with Crippen molar-refractivity contribution in [3.63, 3.8) is 0 Å². The number of fused-ring (bicyclic) bond motifs is 1. The Balaban J connectivity index is 1.36. The molecule has 0 bridgehead atoms. The van der Waals surface area contributed by atoms with Crippen LogP contribution in [0.4, 0.5) is 0 Å². The third-order valence-corrected chi connectivity index (χ3v) is 4.39. The maximum Gasteiger partial charge on any atom is 0.254 e. The largest absolute Gasteiger partial charge is 0.454 e. The molecule has 0 N–H and O–H groups in total. The SMILES string of the molecule is O=C(c1ccc2c(c1)OCO2)N1CCN(Cc2ccccn2)CC1. The molecule has 6 nitrogen and oxygen atoms in total. The number of carbonyl (C=O) groups excluding carboxylic acids is 1. The zero-order valence-electron chi connectivity index (χ0n) is 13.4. The first-order valence-electron chi connectivity index (χ1n) is 8.11. The van der Waals surface area contributed by atoms with Crippen LogP contribution in [0.5, 0.6) is 11.5 Å². The Bertz CT molecular complexity index is 728. The first-order chi connectivity index (χ1) is 11.8. The maximum atomic E-state index is 12.7. The Morgan fingerprint density at radius 2 is 1.88 bits per heavy atom. The van der Waals surface area contributed by atoms with Gasteiger partial charge in [0, 0.05) is 44.5 Å². The molecule has 0 saturated carbocycles. The Hall–Kier alpha value is -2.60. The van der Waals surface area contributed by atoms with Crippen molar-refractivity contribution in [3.8, 4) is 11.5 Å². The lowest BCUT2D eigenvalue weighted by Gasteiger charge is -2.34. The predicted molar refractivity (Wildman–Crippen MR) is 88.0 cm³/mol. The summed E-state index contributed by atoms with van der Waals surface area (Å²) >= 11 is 0. The highest BCUT2D eigenvalue weighted by atomic mass is 16.7. The highest BCUT2D eigenvalue weighted by Gasteiger charge is 2.24. The van der Waals surface area contributed by atoms with Gasteiger partial charge in [-0.25, -0.2) is 0 Å². The van der Waals surface area contributed by atoms with E-state index < -0.39 is 0 Å². The topological polar surface area (TPSA) is 54.9 Å². The quantitative estimate of drug-likeness (QED) is 0.861. The molecule has 0 radical (unpaired) electrons. The van der Waals surface area contributed by atoms with Crippen LogP contribution in [0.15, 0.2) is 42.6 Å². The van der Waals surface area contributed by atoms with Gasteiger partial charge in [-0.1, -0.05) is 6.07 Å². The zero-order valence-corrected chi connectivity index (χ0v) is 13.4. The number of amides is 1. The molecule has 124 valence electrons. The van der Waals surface area contributed by atoms with Crippen molar-refractivity contribution in [3.05, 3.63) is 53.9 Å². The molecule has 2 aliphatic rings. The standard InChI is InChI=1S/C18H19N3O3/c22-18(14-4-5-16-17(11-14)24-13-23-16)21-9-7-20(8-10-21)12-15-3-1-2-6-19-15/h1-6,11H,7-10,12-13H2. The van der Waals surface area contributed by atoms with Gasteiger partial charge in [0.15, 0.2) is 11.5 Å². The van der Waals surface area contributed by atoms with E-state index in [-0.39, 0.29) is 12.7 Å². The smallest absolute Gasteiger partial charge is 0.254 e. The van der Waals surface area contributed by atoms with Crippen LogP contribution in [0.1, 0.15) is 16.1 Å². The molecule has 1 saturated heterocycles. The first kappa shape index (κ1) is 15.0. The summed E-state index contributed by atoms with van der Waals surface area (Å²) in [6.45, 7) is 4.20. The molecule has 3 heterocycles. The molecule has 0 unspecified atom stereocenters. The Morgan fingerprint density at radius 1 is 1.04 bits per heavy atom. The Morgan fingerprint density at radius 3 is 2.67 bits per heavy atom. The van der Waals surface area contributed by atoms with Crippen molar-refractivity contribution in [2.75, 3.05) is 33.0 Å². The van der Waals surface area contributed by atoms with Gasteiger partial charge in [0.2, 0.25) is 6.79 Å². The maximum absolute atomic E-state index is 12.7. The van der Waals surface area contributed by atoms with Gasteiger partial charge < -0.3 is 14.4 Å². The molecule has 2 aliphatic heterocycles. The minimum absolute atomic E-state index is 0.0470. The van der Waals surface area contributed by atoms with Crippen LogP contribution < -0.4 is 9.47 Å². The molecule has 0 aliphatic carbocycles. The van der Waals surface area contributed by atoms with Gasteiger partial charge in [-0.2, -0.15) is 0 Å². The molecular weight excluding hydrogens is 306 g/mol. The van der Waals surface area contributed by atoms with E-state index in [0.717, 1.165) is 38.4 Å². The number of piperazine rings is 1. The van der Waals surface area contributed by atoms with Crippen LogP contribution in [-0.2, 0) is 6.54 Å². The van der Waals surface area contributed by atoms with Crippen molar-refractivity contribution in [1.29, 1.82) is 0 Å². The van der Waals surface area contributed by atoms with Gasteiger partial charge in [0.25, 0.3) is 5.91 Å². The number of ether oxygens (including phenoxy) is 2. The molecule has 1 aromatic heterocycles. The van der Waals surface area contributed by atoms with E-state index in [1.54, 1.807) is 18.2 Å². The van der Waals surface area contributed by atoms with Crippen molar-refractivity contribution in [2.45, 2.75) is 6.54 Å². The Labute approximate surface area is 140 Å². The molecule has 2 aromatic rings. The van der Waals surface area contributed by atoms with Crippen LogP contribution in [-0.4, -0.2) is 53.7 Å². The molecule has 1 aromatic carbocycles. The molecular formula is C18H19N3O3.